The predicted octanol–water partition coefficient (Wildman–Crippen LogP) is 4.49. The third-order valence-electron chi connectivity index (χ3n) is 4.08. The molecule has 0 unspecified atom stereocenters. The van der Waals surface area contributed by atoms with Crippen LogP contribution in [0, 0.1) is 6.92 Å². The van der Waals surface area contributed by atoms with Crippen molar-refractivity contribution in [1.82, 2.24) is 0 Å². The normalized spacial score (nSPS) is 11.4. The number of benzene rings is 2. The average molecular weight is 404 g/mol. The average Bonchev–Trinajstić information content (AvgIpc) is 3.13. The van der Waals surface area contributed by atoms with Crippen LogP contribution in [0.25, 0.3) is 0 Å². The molecule has 5 nitrogen and oxygen atoms in total. The maximum atomic E-state index is 13.3. The van der Waals surface area contributed by atoms with Crippen LogP contribution in [-0.4, -0.2) is 20.6 Å². The summed E-state index contributed by atoms with van der Waals surface area (Å²) in [6, 6.07) is 15.1. The standard InChI is InChI=1S/C20H18ClNO4S/c1-14-5-7-15(8-6-14)22(13-16-4-3-11-26-16)20(23)18-12-17(27(2,24)25)9-10-19(18)21/h3-12H,13H2,1-2H3. The van der Waals surface area contributed by atoms with Crippen LogP contribution in [0.15, 0.2) is 70.2 Å². The van der Waals surface area contributed by atoms with Crippen molar-refractivity contribution in [1.29, 1.82) is 0 Å². The third-order valence-corrected chi connectivity index (χ3v) is 5.52. The van der Waals surface area contributed by atoms with Gasteiger partial charge in [-0.3, -0.25) is 4.79 Å². The minimum atomic E-state index is -3.47. The molecule has 0 aliphatic carbocycles. The van der Waals surface area contributed by atoms with Crippen LogP contribution in [0.3, 0.4) is 0 Å². The monoisotopic (exact) mass is 403 g/mol. The van der Waals surface area contributed by atoms with E-state index in [4.69, 9.17) is 16.0 Å². The highest BCUT2D eigenvalue weighted by Gasteiger charge is 2.23. The van der Waals surface area contributed by atoms with Crippen LogP contribution in [0.2, 0.25) is 5.02 Å². The van der Waals surface area contributed by atoms with E-state index in [2.05, 4.69) is 0 Å². The Balaban J connectivity index is 2.06. The molecule has 1 heterocycles. The Bertz CT molecular complexity index is 1060. The summed E-state index contributed by atoms with van der Waals surface area (Å²) in [5, 5.41) is 0.184. The van der Waals surface area contributed by atoms with Gasteiger partial charge in [0, 0.05) is 11.9 Å². The van der Waals surface area contributed by atoms with Gasteiger partial charge in [0.15, 0.2) is 9.84 Å². The Morgan fingerprint density at radius 1 is 1.11 bits per heavy atom. The van der Waals surface area contributed by atoms with Crippen molar-refractivity contribution in [3.8, 4) is 0 Å². The number of aryl methyl sites for hydroxylation is 1. The van der Waals surface area contributed by atoms with Crippen LogP contribution in [0.5, 0.6) is 0 Å². The lowest BCUT2D eigenvalue weighted by molar-refractivity contribution is 0.0983. The Morgan fingerprint density at radius 2 is 1.81 bits per heavy atom. The van der Waals surface area contributed by atoms with Crippen LogP contribution in [0.1, 0.15) is 21.7 Å². The van der Waals surface area contributed by atoms with Crippen molar-refractivity contribution >= 4 is 33.0 Å². The van der Waals surface area contributed by atoms with Gasteiger partial charge in [0.1, 0.15) is 5.76 Å². The number of hydrogen-bond donors (Lipinski definition) is 0. The van der Waals surface area contributed by atoms with E-state index in [0.29, 0.717) is 11.4 Å². The fraction of sp³-hybridized carbons (Fsp3) is 0.150. The molecule has 3 rings (SSSR count). The molecule has 0 spiro atoms. The van der Waals surface area contributed by atoms with E-state index in [1.807, 2.05) is 31.2 Å². The van der Waals surface area contributed by atoms with Crippen LogP contribution in [0.4, 0.5) is 5.69 Å². The molecule has 1 aromatic heterocycles. The molecule has 0 radical (unpaired) electrons. The van der Waals surface area contributed by atoms with Crippen molar-refractivity contribution in [3.63, 3.8) is 0 Å². The summed E-state index contributed by atoms with van der Waals surface area (Å²) in [5.41, 5.74) is 1.83. The summed E-state index contributed by atoms with van der Waals surface area (Å²) >= 11 is 6.21. The quantitative estimate of drug-likeness (QED) is 0.629. The van der Waals surface area contributed by atoms with Gasteiger partial charge in [0.2, 0.25) is 0 Å². The van der Waals surface area contributed by atoms with Crippen molar-refractivity contribution in [2.45, 2.75) is 18.4 Å². The van der Waals surface area contributed by atoms with Gasteiger partial charge >= 0.3 is 0 Å². The van der Waals surface area contributed by atoms with Gasteiger partial charge in [0.25, 0.3) is 5.91 Å². The smallest absolute Gasteiger partial charge is 0.260 e. The molecule has 140 valence electrons. The third kappa shape index (κ3) is 4.40. The van der Waals surface area contributed by atoms with E-state index in [1.165, 1.54) is 29.4 Å². The first-order valence-electron chi connectivity index (χ1n) is 8.16. The highest BCUT2D eigenvalue weighted by atomic mass is 35.5. The molecule has 0 bridgehead atoms. The Hall–Kier alpha value is -2.57. The number of sulfone groups is 1. The number of halogens is 1. The van der Waals surface area contributed by atoms with Crippen molar-refractivity contribution in [2.24, 2.45) is 0 Å². The summed E-state index contributed by atoms with van der Waals surface area (Å²) in [5.74, 6) is 0.185. The molecular weight excluding hydrogens is 386 g/mol. The Kier molecular flexibility index (Phi) is 5.39. The molecule has 0 aliphatic heterocycles. The molecule has 0 fully saturated rings. The van der Waals surface area contributed by atoms with E-state index in [1.54, 1.807) is 12.1 Å². The number of nitrogens with zero attached hydrogens (tertiary/aromatic N) is 1. The minimum absolute atomic E-state index is 0.0390. The molecule has 0 aliphatic rings. The SMILES string of the molecule is Cc1ccc(N(Cc2ccco2)C(=O)c2cc(S(C)(=O)=O)ccc2Cl)cc1. The summed E-state index contributed by atoms with van der Waals surface area (Å²) < 4.78 is 29.1. The first-order chi connectivity index (χ1) is 12.8. The predicted molar refractivity (Wildman–Crippen MR) is 105 cm³/mol. The van der Waals surface area contributed by atoms with Crippen LogP contribution >= 0.6 is 11.6 Å². The summed E-state index contributed by atoms with van der Waals surface area (Å²) in [7, 11) is -3.47. The lowest BCUT2D eigenvalue weighted by atomic mass is 10.1. The lowest BCUT2D eigenvalue weighted by Gasteiger charge is -2.23. The first kappa shape index (κ1) is 19.2. The number of amides is 1. The number of hydrogen-bond acceptors (Lipinski definition) is 4. The molecule has 0 N–H and O–H groups in total. The van der Waals surface area contributed by atoms with Crippen molar-refractivity contribution in [2.75, 3.05) is 11.2 Å². The molecule has 0 atom stereocenters. The summed E-state index contributed by atoms with van der Waals surface area (Å²) in [6.45, 7) is 2.14. The van der Waals surface area contributed by atoms with Gasteiger partial charge in [-0.25, -0.2) is 8.42 Å². The number of rotatable bonds is 5. The first-order valence-corrected chi connectivity index (χ1v) is 10.4. The second-order valence-electron chi connectivity index (χ2n) is 6.22. The molecule has 0 saturated carbocycles. The van der Waals surface area contributed by atoms with Crippen LogP contribution in [-0.2, 0) is 16.4 Å². The second kappa shape index (κ2) is 7.58. The second-order valence-corrected chi connectivity index (χ2v) is 8.64. The van der Waals surface area contributed by atoms with E-state index in [-0.39, 0.29) is 22.0 Å². The van der Waals surface area contributed by atoms with Crippen molar-refractivity contribution in [3.05, 3.63) is 82.8 Å². The highest BCUT2D eigenvalue weighted by Crippen LogP contribution is 2.26. The van der Waals surface area contributed by atoms with Gasteiger partial charge in [-0.15, -0.1) is 0 Å². The maximum absolute atomic E-state index is 13.3. The molecule has 1 amide bonds. The summed E-state index contributed by atoms with van der Waals surface area (Å²) in [4.78, 5) is 14.8. The molecular formula is C20H18ClNO4S. The van der Waals surface area contributed by atoms with E-state index < -0.39 is 15.7 Å². The number of carbonyl (C=O) groups is 1. The molecule has 0 saturated heterocycles. The molecule has 3 aromatic rings. The Morgan fingerprint density at radius 3 is 2.41 bits per heavy atom. The zero-order valence-electron chi connectivity index (χ0n) is 14.8. The number of furan rings is 1. The zero-order valence-corrected chi connectivity index (χ0v) is 16.4. The maximum Gasteiger partial charge on any atom is 0.260 e. The topological polar surface area (TPSA) is 67.6 Å². The zero-order chi connectivity index (χ0) is 19.6. The van der Waals surface area contributed by atoms with E-state index in [0.717, 1.165) is 11.8 Å². The molecule has 2 aromatic carbocycles. The number of carbonyl (C=O) groups excluding carboxylic acids is 1. The molecule has 27 heavy (non-hydrogen) atoms. The fourth-order valence-corrected chi connectivity index (χ4v) is 3.45. The minimum Gasteiger partial charge on any atom is -0.467 e. The van der Waals surface area contributed by atoms with Gasteiger partial charge in [-0.1, -0.05) is 29.3 Å². The van der Waals surface area contributed by atoms with Gasteiger partial charge in [-0.05, 0) is 49.4 Å². The van der Waals surface area contributed by atoms with Gasteiger partial charge < -0.3 is 9.32 Å². The largest absolute Gasteiger partial charge is 0.467 e. The lowest BCUT2D eigenvalue weighted by Crippen LogP contribution is -2.30. The van der Waals surface area contributed by atoms with E-state index in [9.17, 15) is 13.2 Å². The van der Waals surface area contributed by atoms with Gasteiger partial charge in [-0.2, -0.15) is 0 Å². The van der Waals surface area contributed by atoms with Crippen LogP contribution < -0.4 is 4.90 Å². The van der Waals surface area contributed by atoms with Crippen molar-refractivity contribution < 1.29 is 17.6 Å². The summed E-state index contributed by atoms with van der Waals surface area (Å²) in [6.07, 6.45) is 2.62. The highest BCUT2D eigenvalue weighted by molar-refractivity contribution is 7.90. The number of anilines is 1. The fourth-order valence-electron chi connectivity index (χ4n) is 2.61. The Labute approximate surface area is 163 Å². The molecule has 7 heteroatoms. The van der Waals surface area contributed by atoms with Gasteiger partial charge in [0.05, 0.1) is 28.3 Å². The van der Waals surface area contributed by atoms with E-state index >= 15 is 0 Å².